The molecule has 9 heteroatoms. The molecule has 2 N–H and O–H groups in total. The van der Waals surface area contributed by atoms with Gasteiger partial charge in [0, 0.05) is 5.56 Å². The van der Waals surface area contributed by atoms with Crippen LogP contribution < -0.4 is 25.1 Å². The summed E-state index contributed by atoms with van der Waals surface area (Å²) in [6.07, 6.45) is 1.60. The Morgan fingerprint density at radius 2 is 1.59 bits per heavy atom. The van der Waals surface area contributed by atoms with Crippen molar-refractivity contribution in [3.05, 3.63) is 48.3 Å². The van der Waals surface area contributed by atoms with Crippen LogP contribution in [0, 0.1) is 0 Å². The Bertz CT molecular complexity index is 1070. The standard InChI is InChI=1S/C23H28N4O5/c1-5-30-19-12-16(13-20(31-6-2)21(19)32-7-3)23(29)26-25-22(28)15(4)27-14-24-17-10-8-9-11-18(17)27/h8-15H,5-7H2,1-4H3,(H,25,28)(H,26,29). The number of fused-ring (bicyclic) bond motifs is 1. The molecule has 1 heterocycles. The second-order valence-electron chi connectivity index (χ2n) is 6.86. The first-order valence-electron chi connectivity index (χ1n) is 10.6. The SMILES string of the molecule is CCOc1cc(C(=O)NNC(=O)C(C)n2cnc3ccccc32)cc(OCC)c1OCC. The van der Waals surface area contributed by atoms with Gasteiger partial charge in [-0.15, -0.1) is 0 Å². The predicted molar refractivity (Wildman–Crippen MR) is 120 cm³/mol. The highest BCUT2D eigenvalue weighted by molar-refractivity contribution is 5.97. The van der Waals surface area contributed by atoms with Gasteiger partial charge < -0.3 is 18.8 Å². The highest BCUT2D eigenvalue weighted by Crippen LogP contribution is 2.39. The molecule has 1 aromatic heterocycles. The average Bonchev–Trinajstić information content (AvgIpc) is 3.23. The van der Waals surface area contributed by atoms with E-state index in [9.17, 15) is 9.59 Å². The maximum absolute atomic E-state index is 12.8. The first-order chi connectivity index (χ1) is 15.5. The van der Waals surface area contributed by atoms with Crippen molar-refractivity contribution in [1.29, 1.82) is 0 Å². The quantitative estimate of drug-likeness (QED) is 0.495. The smallest absolute Gasteiger partial charge is 0.269 e. The number of benzene rings is 2. The van der Waals surface area contributed by atoms with Gasteiger partial charge in [-0.05, 0) is 52.0 Å². The van der Waals surface area contributed by atoms with Gasteiger partial charge in [-0.2, -0.15) is 0 Å². The van der Waals surface area contributed by atoms with Crippen molar-refractivity contribution >= 4 is 22.8 Å². The molecule has 0 radical (unpaired) electrons. The van der Waals surface area contributed by atoms with E-state index >= 15 is 0 Å². The Kier molecular flexibility index (Phi) is 7.54. The lowest BCUT2D eigenvalue weighted by atomic mass is 10.1. The summed E-state index contributed by atoms with van der Waals surface area (Å²) in [5.41, 5.74) is 6.82. The molecule has 0 aliphatic heterocycles. The topological polar surface area (TPSA) is 104 Å². The molecular weight excluding hydrogens is 412 g/mol. The zero-order valence-corrected chi connectivity index (χ0v) is 18.7. The summed E-state index contributed by atoms with van der Waals surface area (Å²) in [6, 6.07) is 10.1. The number of ether oxygens (including phenoxy) is 3. The van der Waals surface area contributed by atoms with Crippen molar-refractivity contribution in [1.82, 2.24) is 20.4 Å². The van der Waals surface area contributed by atoms with Crippen LogP contribution in [0.2, 0.25) is 0 Å². The van der Waals surface area contributed by atoms with Crippen molar-refractivity contribution in [2.45, 2.75) is 33.7 Å². The summed E-state index contributed by atoms with van der Waals surface area (Å²) in [4.78, 5) is 29.7. The summed E-state index contributed by atoms with van der Waals surface area (Å²) in [5, 5.41) is 0. The molecule has 0 aliphatic rings. The summed E-state index contributed by atoms with van der Waals surface area (Å²) >= 11 is 0. The van der Waals surface area contributed by atoms with Gasteiger partial charge in [-0.25, -0.2) is 4.98 Å². The number of aromatic nitrogens is 2. The van der Waals surface area contributed by atoms with Crippen LogP contribution in [-0.2, 0) is 4.79 Å². The maximum atomic E-state index is 12.8. The lowest BCUT2D eigenvalue weighted by Crippen LogP contribution is -2.44. The molecule has 0 saturated heterocycles. The Morgan fingerprint density at radius 1 is 0.969 bits per heavy atom. The average molecular weight is 441 g/mol. The lowest BCUT2D eigenvalue weighted by Gasteiger charge is -2.18. The van der Waals surface area contributed by atoms with Crippen molar-refractivity contribution in [3.8, 4) is 17.2 Å². The number of hydrogen-bond donors (Lipinski definition) is 2. The maximum Gasteiger partial charge on any atom is 0.269 e. The van der Waals surface area contributed by atoms with Crippen molar-refractivity contribution in [2.75, 3.05) is 19.8 Å². The van der Waals surface area contributed by atoms with E-state index in [-0.39, 0.29) is 11.5 Å². The Morgan fingerprint density at radius 3 is 2.22 bits per heavy atom. The van der Waals surface area contributed by atoms with E-state index in [4.69, 9.17) is 14.2 Å². The number of para-hydroxylation sites is 2. The Hall–Kier alpha value is -3.75. The van der Waals surface area contributed by atoms with Crippen LogP contribution in [0.1, 0.15) is 44.1 Å². The Balaban J connectivity index is 1.75. The molecule has 3 aromatic rings. The van der Waals surface area contributed by atoms with Gasteiger partial charge in [0.05, 0.1) is 37.2 Å². The lowest BCUT2D eigenvalue weighted by molar-refractivity contribution is -0.124. The Labute approximate surface area is 186 Å². The third-order valence-electron chi connectivity index (χ3n) is 4.75. The molecule has 9 nitrogen and oxygen atoms in total. The monoisotopic (exact) mass is 440 g/mol. The number of hydrazine groups is 1. The molecular formula is C23H28N4O5. The zero-order chi connectivity index (χ0) is 23.1. The van der Waals surface area contributed by atoms with E-state index < -0.39 is 11.9 Å². The van der Waals surface area contributed by atoms with Crippen LogP contribution in [-0.4, -0.2) is 41.2 Å². The minimum Gasteiger partial charge on any atom is -0.490 e. The molecule has 0 saturated carbocycles. The molecule has 0 spiro atoms. The molecule has 1 atom stereocenters. The zero-order valence-electron chi connectivity index (χ0n) is 18.7. The highest BCUT2D eigenvalue weighted by atomic mass is 16.5. The summed E-state index contributed by atoms with van der Waals surface area (Å²) in [7, 11) is 0. The number of carbonyl (C=O) groups excluding carboxylic acids is 2. The molecule has 2 amide bonds. The normalized spacial score (nSPS) is 11.6. The van der Waals surface area contributed by atoms with E-state index in [1.807, 2.05) is 45.0 Å². The van der Waals surface area contributed by atoms with E-state index in [0.29, 0.717) is 37.1 Å². The molecule has 2 aromatic carbocycles. The number of imidazole rings is 1. The molecule has 1 unspecified atom stereocenters. The van der Waals surface area contributed by atoms with Crippen LogP contribution in [0.25, 0.3) is 11.0 Å². The first kappa shape index (κ1) is 22.9. The van der Waals surface area contributed by atoms with Crippen LogP contribution in [0.15, 0.2) is 42.7 Å². The minimum absolute atomic E-state index is 0.265. The summed E-state index contributed by atoms with van der Waals surface area (Å²) in [6.45, 7) is 8.46. The van der Waals surface area contributed by atoms with E-state index in [2.05, 4.69) is 15.8 Å². The molecule has 32 heavy (non-hydrogen) atoms. The number of nitrogens with one attached hydrogen (secondary N) is 2. The van der Waals surface area contributed by atoms with Crippen LogP contribution >= 0.6 is 0 Å². The largest absolute Gasteiger partial charge is 0.490 e. The van der Waals surface area contributed by atoms with Gasteiger partial charge in [0.25, 0.3) is 11.8 Å². The van der Waals surface area contributed by atoms with Gasteiger partial charge in [0.2, 0.25) is 5.75 Å². The molecule has 3 rings (SSSR count). The van der Waals surface area contributed by atoms with E-state index in [0.717, 1.165) is 11.0 Å². The third-order valence-corrected chi connectivity index (χ3v) is 4.75. The van der Waals surface area contributed by atoms with E-state index in [1.165, 1.54) is 0 Å². The van der Waals surface area contributed by atoms with Crippen LogP contribution in [0.4, 0.5) is 0 Å². The fourth-order valence-corrected chi connectivity index (χ4v) is 3.23. The molecule has 0 bridgehead atoms. The summed E-state index contributed by atoms with van der Waals surface area (Å²) < 4.78 is 18.7. The second-order valence-corrected chi connectivity index (χ2v) is 6.86. The van der Waals surface area contributed by atoms with Crippen molar-refractivity contribution < 1.29 is 23.8 Å². The van der Waals surface area contributed by atoms with Crippen molar-refractivity contribution in [2.24, 2.45) is 0 Å². The number of hydrogen-bond acceptors (Lipinski definition) is 6. The molecule has 0 aliphatic carbocycles. The minimum atomic E-state index is -0.582. The van der Waals surface area contributed by atoms with Gasteiger partial charge >= 0.3 is 0 Å². The fraction of sp³-hybridized carbons (Fsp3) is 0.348. The highest BCUT2D eigenvalue weighted by Gasteiger charge is 2.21. The fourth-order valence-electron chi connectivity index (χ4n) is 3.23. The summed E-state index contributed by atoms with van der Waals surface area (Å²) in [5.74, 6) is 0.343. The van der Waals surface area contributed by atoms with Gasteiger partial charge in [0.15, 0.2) is 11.5 Å². The predicted octanol–water partition coefficient (Wildman–Crippen LogP) is 3.25. The third kappa shape index (κ3) is 4.93. The molecule has 0 fully saturated rings. The number of nitrogens with zero attached hydrogens (tertiary/aromatic N) is 2. The number of rotatable bonds is 9. The van der Waals surface area contributed by atoms with Crippen molar-refractivity contribution in [3.63, 3.8) is 0 Å². The van der Waals surface area contributed by atoms with E-state index in [1.54, 1.807) is 30.0 Å². The number of carbonyl (C=O) groups is 2. The van der Waals surface area contributed by atoms with Gasteiger partial charge in [0.1, 0.15) is 6.04 Å². The molecule has 170 valence electrons. The van der Waals surface area contributed by atoms with Crippen LogP contribution in [0.5, 0.6) is 17.2 Å². The first-order valence-corrected chi connectivity index (χ1v) is 10.6. The van der Waals surface area contributed by atoms with Gasteiger partial charge in [-0.3, -0.25) is 20.4 Å². The van der Waals surface area contributed by atoms with Gasteiger partial charge in [-0.1, -0.05) is 12.1 Å². The van der Waals surface area contributed by atoms with Crippen LogP contribution in [0.3, 0.4) is 0 Å². The second kappa shape index (κ2) is 10.5. The number of amides is 2.